The summed E-state index contributed by atoms with van der Waals surface area (Å²) in [4.78, 5) is 31.2. The number of rotatable bonds is 6. The van der Waals surface area contributed by atoms with Crippen LogP contribution in [0.3, 0.4) is 0 Å². The number of nitrogens with zero attached hydrogens (tertiary/aromatic N) is 3. The van der Waals surface area contributed by atoms with Gasteiger partial charge in [-0.1, -0.05) is 12.0 Å². The molecular weight excluding hydrogens is 534 g/mol. The smallest absolute Gasteiger partial charge is 0.254 e. The molecule has 4 N–H and O–H groups in total. The normalized spacial score (nSPS) is 13.0. The summed E-state index contributed by atoms with van der Waals surface area (Å²) in [5.74, 6) is 6.30. The van der Waals surface area contributed by atoms with Crippen molar-refractivity contribution in [2.45, 2.75) is 6.92 Å². The van der Waals surface area contributed by atoms with Crippen LogP contribution < -0.4 is 10.5 Å². The van der Waals surface area contributed by atoms with E-state index in [9.17, 15) is 14.7 Å². The maximum atomic E-state index is 13.4. The minimum absolute atomic E-state index is 0.0663. The van der Waals surface area contributed by atoms with Crippen molar-refractivity contribution < 1.29 is 24.2 Å². The summed E-state index contributed by atoms with van der Waals surface area (Å²) in [5, 5.41) is 15.8. The van der Waals surface area contributed by atoms with Gasteiger partial charge in [-0.25, -0.2) is 4.68 Å². The summed E-state index contributed by atoms with van der Waals surface area (Å²) >= 11 is 0. The van der Waals surface area contributed by atoms with Gasteiger partial charge in [0.25, 0.3) is 5.91 Å². The lowest BCUT2D eigenvalue weighted by Crippen LogP contribution is -2.40. The monoisotopic (exact) mass is 561 g/mol. The fraction of sp³-hybridized carbons (Fsp3) is 0.156. The Hall–Kier alpha value is -5.53. The van der Waals surface area contributed by atoms with Gasteiger partial charge in [0.1, 0.15) is 28.8 Å². The van der Waals surface area contributed by atoms with E-state index in [4.69, 9.17) is 15.2 Å². The minimum Gasteiger partial charge on any atom is -0.506 e. The lowest BCUT2D eigenvalue weighted by molar-refractivity contribution is 0.0303. The summed E-state index contributed by atoms with van der Waals surface area (Å²) in [6, 6.07) is 19.0. The third-order valence-corrected chi connectivity index (χ3v) is 6.98. The number of carbonyl (C=O) groups is 2. The van der Waals surface area contributed by atoms with Gasteiger partial charge in [-0.05, 0) is 61.5 Å². The molecule has 3 heterocycles. The predicted octanol–water partition coefficient (Wildman–Crippen LogP) is 4.51. The summed E-state index contributed by atoms with van der Waals surface area (Å²) in [6.45, 7) is 3.89. The molecule has 0 spiro atoms. The zero-order chi connectivity index (χ0) is 29.2. The van der Waals surface area contributed by atoms with Gasteiger partial charge in [0, 0.05) is 41.2 Å². The molecular formula is C32H27N5O5. The van der Waals surface area contributed by atoms with E-state index in [0.29, 0.717) is 54.6 Å². The molecule has 0 radical (unpaired) electrons. The molecule has 5 aromatic rings. The largest absolute Gasteiger partial charge is 0.506 e. The average molecular weight is 562 g/mol. The number of hydrogen-bond donors (Lipinski definition) is 3. The Labute approximate surface area is 241 Å². The van der Waals surface area contributed by atoms with Crippen LogP contribution in [0.25, 0.3) is 16.6 Å². The molecule has 1 aliphatic rings. The SMILES string of the molecule is CC#Cc1cccc(Oc2ccc(-n3ncc(C(=O)c4cc5cc(C(=O)N6CCOCC6)ccc5[nH]4)c3N)c(O)c2)c1. The number of nitrogens with one attached hydrogen (secondary N) is 1. The number of morpholine rings is 1. The summed E-state index contributed by atoms with van der Waals surface area (Å²) in [5.41, 5.74) is 9.16. The molecule has 10 heteroatoms. The number of nitrogens with two attached hydrogens (primary N) is 1. The Kier molecular flexibility index (Phi) is 7.09. The van der Waals surface area contributed by atoms with E-state index >= 15 is 0 Å². The number of hydrogen-bond acceptors (Lipinski definition) is 7. The molecule has 2 aromatic heterocycles. The Morgan fingerprint density at radius 3 is 2.64 bits per heavy atom. The van der Waals surface area contributed by atoms with Gasteiger partial charge in [-0.2, -0.15) is 5.10 Å². The molecule has 0 saturated carbocycles. The Balaban J connectivity index is 1.22. The van der Waals surface area contributed by atoms with E-state index in [1.165, 1.54) is 16.9 Å². The maximum absolute atomic E-state index is 13.4. The summed E-state index contributed by atoms with van der Waals surface area (Å²) in [7, 11) is 0. The van der Waals surface area contributed by atoms with E-state index < -0.39 is 0 Å². The second-order valence-electron chi connectivity index (χ2n) is 9.73. The van der Waals surface area contributed by atoms with E-state index in [1.54, 1.807) is 60.4 Å². The highest BCUT2D eigenvalue weighted by Crippen LogP contribution is 2.32. The zero-order valence-corrected chi connectivity index (χ0v) is 22.8. The van der Waals surface area contributed by atoms with Crippen LogP contribution in [0.2, 0.25) is 0 Å². The number of ether oxygens (including phenoxy) is 2. The van der Waals surface area contributed by atoms with E-state index in [1.807, 2.05) is 12.1 Å². The quantitative estimate of drug-likeness (QED) is 0.205. The highest BCUT2D eigenvalue weighted by molar-refractivity contribution is 6.13. The molecule has 1 saturated heterocycles. The van der Waals surface area contributed by atoms with Crippen LogP contribution in [0, 0.1) is 11.8 Å². The Morgan fingerprint density at radius 2 is 1.86 bits per heavy atom. The summed E-state index contributed by atoms with van der Waals surface area (Å²) < 4.78 is 12.5. The molecule has 1 fully saturated rings. The number of nitrogen functional groups attached to an aromatic ring is 1. The fourth-order valence-electron chi connectivity index (χ4n) is 4.87. The number of phenols is 1. The lowest BCUT2D eigenvalue weighted by Gasteiger charge is -2.26. The van der Waals surface area contributed by atoms with Crippen LogP contribution in [-0.4, -0.2) is 62.8 Å². The molecule has 0 bridgehead atoms. The first kappa shape index (κ1) is 26.7. The number of anilines is 1. The molecule has 1 amide bonds. The zero-order valence-electron chi connectivity index (χ0n) is 22.8. The lowest BCUT2D eigenvalue weighted by atomic mass is 10.1. The molecule has 3 aromatic carbocycles. The molecule has 6 rings (SSSR count). The number of aromatic amines is 1. The van der Waals surface area contributed by atoms with Crippen LogP contribution >= 0.6 is 0 Å². The van der Waals surface area contributed by atoms with Crippen LogP contribution in [-0.2, 0) is 4.74 Å². The third kappa shape index (κ3) is 5.16. The first-order valence-corrected chi connectivity index (χ1v) is 13.3. The summed E-state index contributed by atoms with van der Waals surface area (Å²) in [6.07, 6.45) is 1.36. The Bertz CT molecular complexity index is 1890. The third-order valence-electron chi connectivity index (χ3n) is 6.98. The van der Waals surface area contributed by atoms with Crippen molar-refractivity contribution in [1.82, 2.24) is 19.7 Å². The number of aromatic nitrogens is 3. The van der Waals surface area contributed by atoms with Gasteiger partial charge >= 0.3 is 0 Å². The van der Waals surface area contributed by atoms with Crippen molar-refractivity contribution in [1.29, 1.82) is 0 Å². The van der Waals surface area contributed by atoms with Crippen LogP contribution in [0.5, 0.6) is 17.2 Å². The molecule has 0 atom stereocenters. The van der Waals surface area contributed by atoms with E-state index in [0.717, 1.165) is 10.9 Å². The number of fused-ring (bicyclic) bond motifs is 1. The number of amides is 1. The van der Waals surface area contributed by atoms with Gasteiger partial charge < -0.3 is 30.2 Å². The van der Waals surface area contributed by atoms with E-state index in [-0.39, 0.29) is 34.5 Å². The van der Waals surface area contributed by atoms with E-state index in [2.05, 4.69) is 21.9 Å². The van der Waals surface area contributed by atoms with Crippen LogP contribution in [0.1, 0.15) is 38.9 Å². The van der Waals surface area contributed by atoms with Crippen molar-refractivity contribution in [2.75, 3.05) is 32.0 Å². The van der Waals surface area contributed by atoms with Gasteiger partial charge in [0.05, 0.1) is 30.7 Å². The van der Waals surface area contributed by atoms with Gasteiger partial charge in [0.2, 0.25) is 5.78 Å². The van der Waals surface area contributed by atoms with Crippen LogP contribution in [0.15, 0.2) is 72.9 Å². The van der Waals surface area contributed by atoms with Crippen molar-refractivity contribution >= 4 is 28.4 Å². The number of H-pyrrole nitrogens is 1. The number of phenolic OH excluding ortho intramolecular Hbond substituents is 1. The van der Waals surface area contributed by atoms with Gasteiger partial charge in [-0.15, -0.1) is 5.92 Å². The first-order valence-electron chi connectivity index (χ1n) is 13.3. The van der Waals surface area contributed by atoms with Crippen molar-refractivity contribution in [3.63, 3.8) is 0 Å². The van der Waals surface area contributed by atoms with Crippen molar-refractivity contribution in [3.05, 3.63) is 95.3 Å². The maximum Gasteiger partial charge on any atom is 0.254 e. The number of benzene rings is 3. The highest BCUT2D eigenvalue weighted by atomic mass is 16.5. The molecule has 210 valence electrons. The molecule has 1 aliphatic heterocycles. The average Bonchev–Trinajstić information content (AvgIpc) is 3.60. The number of carbonyl (C=O) groups excluding carboxylic acids is 2. The molecule has 0 unspecified atom stereocenters. The van der Waals surface area contributed by atoms with Crippen molar-refractivity contribution in [3.8, 4) is 34.8 Å². The second kappa shape index (κ2) is 11.2. The first-order chi connectivity index (χ1) is 20.4. The highest BCUT2D eigenvalue weighted by Gasteiger charge is 2.22. The van der Waals surface area contributed by atoms with Crippen LogP contribution in [0.4, 0.5) is 5.82 Å². The molecule has 0 aliphatic carbocycles. The molecule has 10 nitrogen and oxygen atoms in total. The van der Waals surface area contributed by atoms with Crippen molar-refractivity contribution in [2.24, 2.45) is 0 Å². The minimum atomic E-state index is -0.370. The standard InChI is InChI=1S/C32H27N5O5/c1-2-4-20-5-3-6-23(15-20)42-24-8-10-28(29(38)18-24)37-31(33)25(19-34-37)30(39)27-17-22-16-21(7-9-26(22)35-27)32(40)36-11-13-41-14-12-36/h3,5-10,15-19,35,38H,11-14,33H2,1H3. The fourth-order valence-corrected chi connectivity index (χ4v) is 4.87. The van der Waals surface area contributed by atoms with Gasteiger partial charge in [0.15, 0.2) is 0 Å². The number of aromatic hydroxyl groups is 1. The van der Waals surface area contributed by atoms with Gasteiger partial charge in [-0.3, -0.25) is 9.59 Å². The Morgan fingerprint density at radius 1 is 1.05 bits per heavy atom. The number of ketones is 1. The predicted molar refractivity (Wildman–Crippen MR) is 157 cm³/mol. The topological polar surface area (TPSA) is 136 Å². The molecule has 42 heavy (non-hydrogen) atoms. The second-order valence-corrected chi connectivity index (χ2v) is 9.73.